The van der Waals surface area contributed by atoms with Crippen LogP contribution in [-0.2, 0) is 27.8 Å². The van der Waals surface area contributed by atoms with Crippen molar-refractivity contribution in [3.05, 3.63) is 52.9 Å². The summed E-state index contributed by atoms with van der Waals surface area (Å²) in [6, 6.07) is 5.94. The SMILES string of the molecule is CC1(C)C[C@@](O)(c2ncc(-c3cc(CCC(N)=O)cc(Nc4nccc(C(F)(F)F)n4)c3)s2)CC[C@@H]1C(=O)O. The molecule has 2 atom stereocenters. The fourth-order valence-electron chi connectivity index (χ4n) is 5.03. The summed E-state index contributed by atoms with van der Waals surface area (Å²) in [5.41, 5.74) is 4.00. The normalized spacial score (nSPS) is 20.9. The number of nitrogens with zero attached hydrogens (tertiary/aromatic N) is 3. The summed E-state index contributed by atoms with van der Waals surface area (Å²) in [4.78, 5) is 35.6. The van der Waals surface area contributed by atoms with Crippen LogP contribution in [0.4, 0.5) is 24.8 Å². The zero-order valence-corrected chi connectivity index (χ0v) is 22.1. The lowest BCUT2D eigenvalue weighted by Crippen LogP contribution is -2.44. The van der Waals surface area contributed by atoms with E-state index < -0.39 is 40.7 Å². The highest BCUT2D eigenvalue weighted by atomic mass is 32.1. The Labute approximate surface area is 226 Å². The summed E-state index contributed by atoms with van der Waals surface area (Å²) in [5, 5.41) is 24.3. The topological polar surface area (TPSA) is 151 Å². The van der Waals surface area contributed by atoms with E-state index in [1.165, 1.54) is 11.3 Å². The quantitative estimate of drug-likeness (QED) is 0.303. The molecular weight excluding hydrogens is 535 g/mol. The number of carboxylic acids is 1. The molecule has 9 nitrogen and oxygen atoms in total. The van der Waals surface area contributed by atoms with Crippen molar-refractivity contribution in [1.29, 1.82) is 0 Å². The molecule has 1 saturated carbocycles. The van der Waals surface area contributed by atoms with Crippen molar-refractivity contribution in [2.45, 2.75) is 57.7 Å². The lowest BCUT2D eigenvalue weighted by Gasteiger charge is -2.44. The Balaban J connectivity index is 1.66. The third-order valence-electron chi connectivity index (χ3n) is 6.88. The molecule has 1 aliphatic carbocycles. The summed E-state index contributed by atoms with van der Waals surface area (Å²) in [5.74, 6) is -2.22. The smallest absolute Gasteiger partial charge is 0.433 e. The van der Waals surface area contributed by atoms with Gasteiger partial charge in [0.25, 0.3) is 0 Å². The van der Waals surface area contributed by atoms with Gasteiger partial charge in [0.1, 0.15) is 16.3 Å². The third-order valence-corrected chi connectivity index (χ3v) is 8.12. The van der Waals surface area contributed by atoms with Gasteiger partial charge < -0.3 is 21.3 Å². The maximum atomic E-state index is 13.1. The van der Waals surface area contributed by atoms with Gasteiger partial charge in [0.05, 0.1) is 10.8 Å². The molecule has 2 heterocycles. The minimum Gasteiger partial charge on any atom is -0.481 e. The molecule has 0 spiro atoms. The van der Waals surface area contributed by atoms with Gasteiger partial charge in [0.2, 0.25) is 11.9 Å². The average Bonchev–Trinajstić information content (AvgIpc) is 3.33. The highest BCUT2D eigenvalue weighted by molar-refractivity contribution is 7.15. The first-order chi connectivity index (χ1) is 18.2. The van der Waals surface area contributed by atoms with Gasteiger partial charge in [-0.15, -0.1) is 11.3 Å². The molecule has 1 aromatic carbocycles. The maximum absolute atomic E-state index is 13.1. The Morgan fingerprint density at radius 2 is 1.97 bits per heavy atom. The number of hydrogen-bond donors (Lipinski definition) is 4. The number of benzene rings is 1. The molecule has 5 N–H and O–H groups in total. The van der Waals surface area contributed by atoms with Crippen LogP contribution in [0.15, 0.2) is 36.7 Å². The summed E-state index contributed by atoms with van der Waals surface area (Å²) in [6.45, 7) is 3.64. The van der Waals surface area contributed by atoms with E-state index in [0.717, 1.165) is 12.3 Å². The van der Waals surface area contributed by atoms with Crippen LogP contribution >= 0.6 is 11.3 Å². The van der Waals surface area contributed by atoms with Crippen LogP contribution in [0.3, 0.4) is 0 Å². The van der Waals surface area contributed by atoms with Crippen LogP contribution in [-0.4, -0.2) is 37.0 Å². The number of amides is 1. The van der Waals surface area contributed by atoms with E-state index in [1.54, 1.807) is 18.3 Å². The summed E-state index contributed by atoms with van der Waals surface area (Å²) < 4.78 is 39.3. The van der Waals surface area contributed by atoms with Gasteiger partial charge in [0, 0.05) is 24.5 Å². The predicted octanol–water partition coefficient (Wildman–Crippen LogP) is 4.88. The standard InChI is InChI=1S/C26H28F3N5O4S/c1-24(2)13-25(38,7-5-17(24)21(36)37)22-32-12-18(39-22)15-9-14(3-4-20(30)35)10-16(11-15)33-23-31-8-6-19(34-23)26(27,28)29/h6,8-12,17,38H,3-5,7,13H2,1-2H3,(H2,30,35)(H,36,37)(H,31,33,34)/t17-,25-/m1/s1. The number of alkyl halides is 3. The van der Waals surface area contributed by atoms with Crippen molar-refractivity contribution < 1.29 is 33.0 Å². The molecule has 2 aromatic heterocycles. The summed E-state index contributed by atoms with van der Waals surface area (Å²) in [6.07, 6.45) is -0.898. The second kappa shape index (κ2) is 10.5. The number of aromatic nitrogens is 3. The molecule has 0 radical (unpaired) electrons. The van der Waals surface area contributed by atoms with E-state index in [2.05, 4.69) is 20.3 Å². The third kappa shape index (κ3) is 6.53. The van der Waals surface area contributed by atoms with E-state index >= 15 is 0 Å². The Morgan fingerprint density at radius 1 is 1.23 bits per heavy atom. The summed E-state index contributed by atoms with van der Waals surface area (Å²) >= 11 is 1.25. The number of nitrogens with two attached hydrogens (primary N) is 1. The highest BCUT2D eigenvalue weighted by Gasteiger charge is 2.49. The van der Waals surface area contributed by atoms with Gasteiger partial charge in [-0.3, -0.25) is 9.59 Å². The van der Waals surface area contributed by atoms with E-state index in [0.29, 0.717) is 39.5 Å². The minimum absolute atomic E-state index is 0.0659. The fraction of sp³-hybridized carbons (Fsp3) is 0.423. The van der Waals surface area contributed by atoms with Gasteiger partial charge in [-0.2, -0.15) is 13.2 Å². The monoisotopic (exact) mass is 563 g/mol. The number of aliphatic carboxylic acids is 1. The number of aliphatic hydroxyl groups is 1. The number of carboxylic acid groups (broad SMARTS) is 1. The van der Waals surface area contributed by atoms with Crippen LogP contribution in [0, 0.1) is 11.3 Å². The number of nitrogens with one attached hydrogen (secondary N) is 1. The number of carbonyl (C=O) groups excluding carboxylic acids is 1. The molecular formula is C26H28F3N5O4S. The van der Waals surface area contributed by atoms with Crippen molar-refractivity contribution >= 4 is 34.8 Å². The van der Waals surface area contributed by atoms with Crippen LogP contribution < -0.4 is 11.1 Å². The van der Waals surface area contributed by atoms with E-state index in [-0.39, 0.29) is 25.2 Å². The molecule has 208 valence electrons. The first kappa shape index (κ1) is 28.4. The van der Waals surface area contributed by atoms with Crippen LogP contribution in [0.2, 0.25) is 0 Å². The van der Waals surface area contributed by atoms with E-state index in [9.17, 15) is 33.0 Å². The highest BCUT2D eigenvalue weighted by Crippen LogP contribution is 2.51. The first-order valence-electron chi connectivity index (χ1n) is 12.2. The first-order valence-corrected chi connectivity index (χ1v) is 13.0. The van der Waals surface area contributed by atoms with Crippen LogP contribution in [0.5, 0.6) is 0 Å². The zero-order chi connectivity index (χ0) is 28.6. The molecule has 3 aromatic rings. The zero-order valence-electron chi connectivity index (χ0n) is 21.2. The summed E-state index contributed by atoms with van der Waals surface area (Å²) in [7, 11) is 0. The molecule has 1 fully saturated rings. The van der Waals surface area contributed by atoms with Crippen molar-refractivity contribution in [3.8, 4) is 10.4 Å². The van der Waals surface area contributed by atoms with Gasteiger partial charge >= 0.3 is 12.1 Å². The van der Waals surface area contributed by atoms with Crippen molar-refractivity contribution in [3.63, 3.8) is 0 Å². The average molecular weight is 564 g/mol. The van der Waals surface area contributed by atoms with Gasteiger partial charge in [-0.25, -0.2) is 15.0 Å². The van der Waals surface area contributed by atoms with Gasteiger partial charge in [-0.05, 0) is 60.4 Å². The second-order valence-electron chi connectivity index (χ2n) is 10.4. The Hall–Kier alpha value is -3.58. The molecule has 1 amide bonds. The lowest BCUT2D eigenvalue weighted by atomic mass is 9.63. The van der Waals surface area contributed by atoms with Gasteiger partial charge in [-0.1, -0.05) is 19.9 Å². The molecule has 39 heavy (non-hydrogen) atoms. The Bertz CT molecular complexity index is 1390. The second-order valence-corrected chi connectivity index (χ2v) is 11.5. The van der Waals surface area contributed by atoms with Crippen molar-refractivity contribution in [2.75, 3.05) is 5.32 Å². The molecule has 0 aliphatic heterocycles. The molecule has 0 bridgehead atoms. The number of carbonyl (C=O) groups is 2. The molecule has 13 heteroatoms. The molecule has 1 aliphatic rings. The van der Waals surface area contributed by atoms with Gasteiger partial charge in [0.15, 0.2) is 0 Å². The largest absolute Gasteiger partial charge is 0.481 e. The Kier molecular flexibility index (Phi) is 7.68. The number of anilines is 2. The van der Waals surface area contributed by atoms with E-state index in [1.807, 2.05) is 19.9 Å². The number of aryl methyl sites for hydroxylation is 1. The van der Waals surface area contributed by atoms with E-state index in [4.69, 9.17) is 5.73 Å². The molecule has 4 rings (SSSR count). The Morgan fingerprint density at radius 3 is 2.62 bits per heavy atom. The molecule has 0 unspecified atom stereocenters. The number of halogens is 3. The lowest BCUT2D eigenvalue weighted by molar-refractivity contribution is -0.154. The number of primary amides is 1. The molecule has 0 saturated heterocycles. The van der Waals surface area contributed by atoms with Crippen LogP contribution in [0.1, 0.15) is 55.8 Å². The van der Waals surface area contributed by atoms with Crippen LogP contribution in [0.25, 0.3) is 10.4 Å². The van der Waals surface area contributed by atoms with Crippen molar-refractivity contribution in [2.24, 2.45) is 17.1 Å². The number of thiazole rings is 1. The maximum Gasteiger partial charge on any atom is 0.433 e. The number of rotatable bonds is 8. The number of hydrogen-bond acceptors (Lipinski definition) is 8. The fourth-order valence-corrected chi connectivity index (χ4v) is 6.05. The van der Waals surface area contributed by atoms with Crippen molar-refractivity contribution in [1.82, 2.24) is 15.0 Å². The minimum atomic E-state index is -4.63. The predicted molar refractivity (Wildman–Crippen MR) is 138 cm³/mol.